The van der Waals surface area contributed by atoms with Crippen LogP contribution in [0.3, 0.4) is 0 Å². The molecule has 0 unspecified atom stereocenters. The van der Waals surface area contributed by atoms with Crippen LogP contribution in [0.4, 0.5) is 0 Å². The van der Waals surface area contributed by atoms with Gasteiger partial charge in [0.15, 0.2) is 0 Å². The number of nitrogens with two attached hydrogens (primary N) is 1. The number of hydrogen-bond donors (Lipinski definition) is 1. The van der Waals surface area contributed by atoms with E-state index >= 15 is 0 Å². The molecule has 1 rings (SSSR count). The predicted octanol–water partition coefficient (Wildman–Crippen LogP) is -0.358. The monoisotopic (exact) mass is 155 g/mol. The first-order valence-corrected chi connectivity index (χ1v) is 4.23. The Morgan fingerprint density at radius 1 is 1.64 bits per heavy atom. The fourth-order valence-electron chi connectivity index (χ4n) is 1.30. The average molecular weight is 155 g/mol. The average Bonchev–Trinajstić information content (AvgIpc) is 2.50. The molecule has 1 aliphatic rings. The fourth-order valence-corrected chi connectivity index (χ4v) is 1.30. The van der Waals surface area contributed by atoms with Crippen molar-refractivity contribution in [3.63, 3.8) is 0 Å². The van der Waals surface area contributed by atoms with Crippen LogP contribution >= 0.6 is 0 Å². The van der Waals surface area contributed by atoms with E-state index in [4.69, 9.17) is 10.00 Å². The van der Waals surface area contributed by atoms with E-state index in [1.807, 2.05) is 0 Å². The molecule has 3 heteroatoms. The molecule has 2 N–H and O–H groups in total. The first kappa shape index (κ1) is 8.51. The van der Waals surface area contributed by atoms with Crippen LogP contribution in [0.25, 0.3) is 0 Å². The number of ether oxygens (including phenoxy) is 1. The number of nitriles is 1. The Hall–Kier alpha value is -0.590. The first-order chi connectivity index (χ1) is 5.43. The largest absolute Gasteiger partial charge is 0.372 e. The lowest BCUT2D eigenvalue weighted by Crippen LogP contribution is -2.86. The minimum atomic E-state index is 0.452. The van der Waals surface area contributed by atoms with Gasteiger partial charge in [-0.1, -0.05) is 0 Å². The molecule has 3 nitrogen and oxygen atoms in total. The van der Waals surface area contributed by atoms with Crippen LogP contribution in [0.15, 0.2) is 0 Å². The lowest BCUT2D eigenvalue weighted by molar-refractivity contribution is -0.659. The normalized spacial score (nSPS) is 23.4. The third kappa shape index (κ3) is 3.35. The van der Waals surface area contributed by atoms with Crippen molar-refractivity contribution in [2.75, 3.05) is 19.7 Å². The van der Waals surface area contributed by atoms with E-state index in [0.29, 0.717) is 12.5 Å². The molecule has 0 aliphatic carbocycles. The molecule has 1 aliphatic heterocycles. The van der Waals surface area contributed by atoms with Crippen molar-refractivity contribution < 1.29 is 10.1 Å². The maximum absolute atomic E-state index is 8.26. The minimum Gasteiger partial charge on any atom is -0.372 e. The van der Waals surface area contributed by atoms with Crippen LogP contribution in [0.5, 0.6) is 0 Å². The molecule has 11 heavy (non-hydrogen) atoms. The molecule has 0 bridgehead atoms. The summed E-state index contributed by atoms with van der Waals surface area (Å²) in [4.78, 5) is 0. The maximum atomic E-state index is 8.26. The van der Waals surface area contributed by atoms with Crippen LogP contribution < -0.4 is 5.32 Å². The Morgan fingerprint density at radius 2 is 2.55 bits per heavy atom. The highest BCUT2D eigenvalue weighted by Gasteiger charge is 2.16. The van der Waals surface area contributed by atoms with E-state index in [1.165, 1.54) is 12.8 Å². The second-order valence-corrected chi connectivity index (χ2v) is 2.86. The van der Waals surface area contributed by atoms with Gasteiger partial charge >= 0.3 is 0 Å². The molecule has 1 heterocycles. The Kier molecular flexibility index (Phi) is 3.95. The lowest BCUT2D eigenvalue weighted by Gasteiger charge is -2.05. The highest BCUT2D eigenvalue weighted by Crippen LogP contribution is 2.08. The van der Waals surface area contributed by atoms with E-state index in [2.05, 4.69) is 11.4 Å². The molecular weight excluding hydrogens is 140 g/mol. The number of hydrogen-bond acceptors (Lipinski definition) is 2. The van der Waals surface area contributed by atoms with Gasteiger partial charge in [0, 0.05) is 6.61 Å². The molecular formula is C8H15N2O+. The van der Waals surface area contributed by atoms with Gasteiger partial charge in [0.05, 0.1) is 19.0 Å². The second kappa shape index (κ2) is 5.11. The van der Waals surface area contributed by atoms with Crippen molar-refractivity contribution >= 4 is 0 Å². The third-order valence-electron chi connectivity index (χ3n) is 1.91. The maximum Gasteiger partial charge on any atom is 0.106 e. The molecule has 0 saturated carbocycles. The fraction of sp³-hybridized carbons (Fsp3) is 0.875. The van der Waals surface area contributed by atoms with Crippen molar-refractivity contribution in [3.8, 4) is 6.07 Å². The van der Waals surface area contributed by atoms with Crippen molar-refractivity contribution in [1.82, 2.24) is 0 Å². The molecule has 0 spiro atoms. The molecule has 1 fully saturated rings. The Bertz CT molecular complexity index is 136. The summed E-state index contributed by atoms with van der Waals surface area (Å²) in [6.45, 7) is 2.87. The van der Waals surface area contributed by atoms with Crippen LogP contribution in [-0.4, -0.2) is 25.8 Å². The van der Waals surface area contributed by atoms with Crippen LogP contribution in [0.1, 0.15) is 19.3 Å². The minimum absolute atomic E-state index is 0.452. The van der Waals surface area contributed by atoms with Gasteiger partial charge in [0.25, 0.3) is 0 Å². The van der Waals surface area contributed by atoms with Gasteiger partial charge in [0.1, 0.15) is 12.6 Å². The number of nitrogens with zero attached hydrogens (tertiary/aromatic N) is 1. The zero-order valence-electron chi connectivity index (χ0n) is 6.75. The Balaban J connectivity index is 1.90. The summed E-state index contributed by atoms with van der Waals surface area (Å²) in [6, 6.07) is 2.12. The van der Waals surface area contributed by atoms with E-state index in [1.54, 1.807) is 0 Å². The highest BCUT2D eigenvalue weighted by atomic mass is 16.5. The Morgan fingerprint density at radius 3 is 3.18 bits per heavy atom. The van der Waals surface area contributed by atoms with Crippen LogP contribution in [0, 0.1) is 11.3 Å². The number of quaternary nitrogens is 1. The van der Waals surface area contributed by atoms with Gasteiger partial charge in [-0.25, -0.2) is 0 Å². The standard InChI is InChI=1S/C8H14N2O/c9-4-2-5-10-7-8-3-1-6-11-8/h8,10H,1-3,5-7H2/p+1/t8-/m1/s1. The summed E-state index contributed by atoms with van der Waals surface area (Å²) in [6.07, 6.45) is 3.50. The summed E-state index contributed by atoms with van der Waals surface area (Å²) in [5, 5.41) is 10.4. The van der Waals surface area contributed by atoms with Gasteiger partial charge in [-0.15, -0.1) is 0 Å². The van der Waals surface area contributed by atoms with Gasteiger partial charge in [-0.3, -0.25) is 0 Å². The lowest BCUT2D eigenvalue weighted by atomic mass is 10.2. The molecule has 0 amide bonds. The topological polar surface area (TPSA) is 49.6 Å². The zero-order valence-corrected chi connectivity index (χ0v) is 6.75. The zero-order chi connectivity index (χ0) is 7.94. The number of rotatable bonds is 4. The molecule has 0 aromatic heterocycles. The summed E-state index contributed by atoms with van der Waals surface area (Å²) in [5.74, 6) is 0. The molecule has 0 aromatic carbocycles. The van der Waals surface area contributed by atoms with Crippen molar-refractivity contribution in [1.29, 1.82) is 5.26 Å². The summed E-state index contributed by atoms with van der Waals surface area (Å²) in [7, 11) is 0. The van der Waals surface area contributed by atoms with Crippen LogP contribution in [-0.2, 0) is 4.74 Å². The second-order valence-electron chi connectivity index (χ2n) is 2.86. The van der Waals surface area contributed by atoms with Gasteiger partial charge < -0.3 is 10.1 Å². The third-order valence-corrected chi connectivity index (χ3v) is 1.91. The van der Waals surface area contributed by atoms with E-state index < -0.39 is 0 Å². The highest BCUT2D eigenvalue weighted by molar-refractivity contribution is 4.66. The van der Waals surface area contributed by atoms with Crippen molar-refractivity contribution in [2.24, 2.45) is 0 Å². The van der Waals surface area contributed by atoms with Gasteiger partial charge in [0.2, 0.25) is 0 Å². The predicted molar refractivity (Wildman–Crippen MR) is 40.9 cm³/mol. The molecule has 62 valence electrons. The quantitative estimate of drug-likeness (QED) is 0.564. The van der Waals surface area contributed by atoms with Gasteiger partial charge in [-0.2, -0.15) is 5.26 Å². The summed E-state index contributed by atoms with van der Waals surface area (Å²) >= 11 is 0. The smallest absolute Gasteiger partial charge is 0.106 e. The SMILES string of the molecule is N#CCC[NH2+]C[C@H]1CCCO1. The molecule has 1 saturated heterocycles. The van der Waals surface area contributed by atoms with Crippen molar-refractivity contribution in [2.45, 2.75) is 25.4 Å². The molecule has 0 aromatic rings. The van der Waals surface area contributed by atoms with E-state index in [9.17, 15) is 0 Å². The summed E-state index contributed by atoms with van der Waals surface area (Å²) in [5.41, 5.74) is 0. The van der Waals surface area contributed by atoms with Gasteiger partial charge in [-0.05, 0) is 12.8 Å². The van der Waals surface area contributed by atoms with Crippen LogP contribution in [0.2, 0.25) is 0 Å². The van der Waals surface area contributed by atoms with E-state index in [0.717, 1.165) is 19.7 Å². The Labute approximate surface area is 67.3 Å². The van der Waals surface area contributed by atoms with Crippen molar-refractivity contribution in [3.05, 3.63) is 0 Å². The summed E-state index contributed by atoms with van der Waals surface area (Å²) < 4.78 is 5.42. The van der Waals surface area contributed by atoms with E-state index in [-0.39, 0.29) is 0 Å². The molecule has 1 atom stereocenters. The first-order valence-electron chi connectivity index (χ1n) is 4.23. The molecule has 0 radical (unpaired) electrons.